The predicted molar refractivity (Wildman–Crippen MR) is 37.5 cm³/mol. The molecule has 1 unspecified atom stereocenters. The average Bonchev–Trinajstić information content (AvgIpc) is 2.17. The lowest BCUT2D eigenvalue weighted by Gasteiger charge is -2.06. The molecule has 1 heterocycles. The maximum absolute atomic E-state index is 10.7. The lowest BCUT2D eigenvalue weighted by molar-refractivity contribution is -0.146. The lowest BCUT2D eigenvalue weighted by Crippen LogP contribution is -2.15. The number of aliphatic hydroxyl groups is 1. The van der Waals surface area contributed by atoms with Crippen LogP contribution in [0.4, 0.5) is 0 Å². The molecule has 0 radical (unpaired) electrons. The van der Waals surface area contributed by atoms with Crippen LogP contribution in [0.25, 0.3) is 0 Å². The van der Waals surface area contributed by atoms with Crippen LogP contribution in [0, 0.1) is 0 Å². The molecular formula is C7H8O5. The van der Waals surface area contributed by atoms with Gasteiger partial charge in [0.05, 0.1) is 6.42 Å². The number of carboxylic acid groups (broad SMARTS) is 1. The summed E-state index contributed by atoms with van der Waals surface area (Å²) in [5, 5.41) is 17.3. The summed E-state index contributed by atoms with van der Waals surface area (Å²) < 4.78 is 4.55. The summed E-state index contributed by atoms with van der Waals surface area (Å²) in [6.45, 7) is 1.47. The first-order chi connectivity index (χ1) is 5.52. The molecule has 0 spiro atoms. The van der Waals surface area contributed by atoms with E-state index in [0.717, 1.165) is 0 Å². The molecule has 0 saturated carbocycles. The standard InChI is InChI=1S/C7H8O5/c1-3-4(2-5(8)9)12-7(11)6(3)10/h4,10H,2H2,1H3,(H,8,9). The third kappa shape index (κ3) is 1.39. The Balaban J connectivity index is 2.73. The van der Waals surface area contributed by atoms with E-state index < -0.39 is 23.8 Å². The van der Waals surface area contributed by atoms with Crippen LogP contribution in [0.1, 0.15) is 13.3 Å². The van der Waals surface area contributed by atoms with Crippen LogP contribution >= 0.6 is 0 Å². The molecule has 0 aliphatic carbocycles. The molecule has 2 N–H and O–H groups in total. The van der Waals surface area contributed by atoms with Gasteiger partial charge in [-0.3, -0.25) is 4.79 Å². The van der Waals surface area contributed by atoms with Crippen molar-refractivity contribution in [1.29, 1.82) is 0 Å². The second kappa shape index (κ2) is 2.84. The zero-order chi connectivity index (χ0) is 9.30. The second-order valence-electron chi connectivity index (χ2n) is 2.52. The summed E-state index contributed by atoms with van der Waals surface area (Å²) in [6, 6.07) is 0. The van der Waals surface area contributed by atoms with Crippen LogP contribution in [0.3, 0.4) is 0 Å². The largest absolute Gasteiger partial charge is 0.502 e. The van der Waals surface area contributed by atoms with Crippen LogP contribution in [-0.4, -0.2) is 28.3 Å². The Kier molecular flexibility index (Phi) is 2.03. The Bertz CT molecular complexity index is 265. The number of hydrogen-bond donors (Lipinski definition) is 2. The molecule has 0 saturated heterocycles. The van der Waals surface area contributed by atoms with Gasteiger partial charge in [-0.25, -0.2) is 4.79 Å². The first kappa shape index (κ1) is 8.58. The van der Waals surface area contributed by atoms with Gasteiger partial charge in [-0.15, -0.1) is 0 Å². The number of ether oxygens (including phenoxy) is 1. The molecule has 0 fully saturated rings. The minimum atomic E-state index is -1.07. The molecule has 0 bridgehead atoms. The fourth-order valence-corrected chi connectivity index (χ4v) is 0.940. The van der Waals surface area contributed by atoms with Crippen LogP contribution < -0.4 is 0 Å². The third-order valence-corrected chi connectivity index (χ3v) is 1.66. The molecule has 1 atom stereocenters. The zero-order valence-corrected chi connectivity index (χ0v) is 6.40. The molecule has 0 amide bonds. The van der Waals surface area contributed by atoms with Crippen molar-refractivity contribution in [1.82, 2.24) is 0 Å². The minimum absolute atomic E-state index is 0.280. The molecule has 5 nitrogen and oxygen atoms in total. The lowest BCUT2D eigenvalue weighted by atomic mass is 10.1. The highest BCUT2D eigenvalue weighted by atomic mass is 16.6. The van der Waals surface area contributed by atoms with Crippen molar-refractivity contribution < 1.29 is 24.5 Å². The number of carbonyl (C=O) groups excluding carboxylic acids is 1. The SMILES string of the molecule is CC1=C(O)C(=O)OC1CC(=O)O. The van der Waals surface area contributed by atoms with Gasteiger partial charge in [-0.2, -0.15) is 0 Å². The molecule has 1 aliphatic rings. The Morgan fingerprint density at radius 3 is 2.58 bits per heavy atom. The number of carbonyl (C=O) groups is 2. The first-order valence-electron chi connectivity index (χ1n) is 3.35. The van der Waals surface area contributed by atoms with E-state index in [2.05, 4.69) is 4.74 Å². The van der Waals surface area contributed by atoms with Gasteiger partial charge in [0.2, 0.25) is 5.76 Å². The molecular weight excluding hydrogens is 164 g/mol. The van der Waals surface area contributed by atoms with E-state index in [-0.39, 0.29) is 12.0 Å². The van der Waals surface area contributed by atoms with Crippen LogP contribution in [0.5, 0.6) is 0 Å². The van der Waals surface area contributed by atoms with Crippen molar-refractivity contribution in [3.8, 4) is 0 Å². The Morgan fingerprint density at radius 1 is 1.67 bits per heavy atom. The molecule has 1 aliphatic heterocycles. The number of hydrogen-bond acceptors (Lipinski definition) is 4. The molecule has 1 rings (SSSR count). The van der Waals surface area contributed by atoms with E-state index >= 15 is 0 Å². The summed E-state index contributed by atoms with van der Waals surface area (Å²) in [6.07, 6.45) is -1.11. The number of aliphatic hydroxyl groups excluding tert-OH is 1. The molecule has 5 heteroatoms. The molecule has 12 heavy (non-hydrogen) atoms. The zero-order valence-electron chi connectivity index (χ0n) is 6.40. The maximum Gasteiger partial charge on any atom is 0.374 e. The third-order valence-electron chi connectivity index (χ3n) is 1.66. The summed E-state index contributed by atoms with van der Waals surface area (Å²) >= 11 is 0. The van der Waals surface area contributed by atoms with Gasteiger partial charge in [-0.05, 0) is 6.92 Å². The van der Waals surface area contributed by atoms with Crippen molar-refractivity contribution in [2.75, 3.05) is 0 Å². The van der Waals surface area contributed by atoms with Gasteiger partial charge < -0.3 is 14.9 Å². The van der Waals surface area contributed by atoms with Crippen molar-refractivity contribution in [2.45, 2.75) is 19.4 Å². The smallest absolute Gasteiger partial charge is 0.374 e. The first-order valence-corrected chi connectivity index (χ1v) is 3.35. The summed E-state index contributed by atoms with van der Waals surface area (Å²) in [5.74, 6) is -2.39. The van der Waals surface area contributed by atoms with Crippen LogP contribution in [-0.2, 0) is 14.3 Å². The topological polar surface area (TPSA) is 83.8 Å². The van der Waals surface area contributed by atoms with Gasteiger partial charge in [0.25, 0.3) is 0 Å². The summed E-state index contributed by atoms with van der Waals surface area (Å²) in [5.41, 5.74) is 0.280. The highest BCUT2D eigenvalue weighted by Gasteiger charge is 2.32. The van der Waals surface area contributed by atoms with Gasteiger partial charge in [0.15, 0.2) is 0 Å². The quantitative estimate of drug-likeness (QED) is 0.582. The fraction of sp³-hybridized carbons (Fsp3) is 0.429. The maximum atomic E-state index is 10.7. The Labute approximate surface area is 68.3 Å². The normalized spacial score (nSPS) is 22.8. The van der Waals surface area contributed by atoms with Gasteiger partial charge in [0.1, 0.15) is 6.10 Å². The van der Waals surface area contributed by atoms with E-state index in [1.165, 1.54) is 6.92 Å². The minimum Gasteiger partial charge on any atom is -0.502 e. The Morgan fingerprint density at radius 2 is 2.25 bits per heavy atom. The van der Waals surface area contributed by atoms with Crippen molar-refractivity contribution in [3.05, 3.63) is 11.3 Å². The summed E-state index contributed by atoms with van der Waals surface area (Å²) in [4.78, 5) is 20.9. The molecule has 0 aromatic rings. The fourth-order valence-electron chi connectivity index (χ4n) is 0.940. The number of esters is 1. The Hall–Kier alpha value is -1.52. The van der Waals surface area contributed by atoms with Crippen molar-refractivity contribution in [2.24, 2.45) is 0 Å². The van der Waals surface area contributed by atoms with Gasteiger partial charge in [-0.1, -0.05) is 0 Å². The van der Waals surface area contributed by atoms with E-state index in [4.69, 9.17) is 10.2 Å². The molecule has 0 aromatic heterocycles. The van der Waals surface area contributed by atoms with Crippen molar-refractivity contribution in [3.63, 3.8) is 0 Å². The van der Waals surface area contributed by atoms with E-state index in [1.54, 1.807) is 0 Å². The molecule has 0 aromatic carbocycles. The molecule has 66 valence electrons. The number of rotatable bonds is 2. The van der Waals surface area contributed by atoms with Gasteiger partial charge in [0, 0.05) is 5.57 Å². The highest BCUT2D eigenvalue weighted by Crippen LogP contribution is 2.22. The predicted octanol–water partition coefficient (Wildman–Crippen LogP) is 0.219. The summed E-state index contributed by atoms with van der Waals surface area (Å²) in [7, 11) is 0. The second-order valence-corrected chi connectivity index (χ2v) is 2.52. The van der Waals surface area contributed by atoms with E-state index in [9.17, 15) is 9.59 Å². The van der Waals surface area contributed by atoms with Crippen molar-refractivity contribution >= 4 is 11.9 Å². The van der Waals surface area contributed by atoms with E-state index in [1.807, 2.05) is 0 Å². The van der Waals surface area contributed by atoms with Gasteiger partial charge >= 0.3 is 11.9 Å². The van der Waals surface area contributed by atoms with Crippen LogP contribution in [0.15, 0.2) is 11.3 Å². The average molecular weight is 172 g/mol. The number of carboxylic acids is 1. The number of aliphatic carboxylic acids is 1. The highest BCUT2D eigenvalue weighted by molar-refractivity contribution is 5.90. The van der Waals surface area contributed by atoms with E-state index in [0.29, 0.717) is 0 Å². The monoisotopic (exact) mass is 172 g/mol. The number of cyclic esters (lactones) is 1. The van der Waals surface area contributed by atoms with Crippen LogP contribution in [0.2, 0.25) is 0 Å².